The minimum Gasteiger partial charge on any atom is -0.444 e. The van der Waals surface area contributed by atoms with E-state index in [1.54, 1.807) is 0 Å². The summed E-state index contributed by atoms with van der Waals surface area (Å²) in [5.41, 5.74) is 2.28. The molecule has 3 amide bonds. The lowest BCUT2D eigenvalue weighted by Crippen LogP contribution is -2.53. The SMILES string of the molecule is CN1CN(C2CCC(=O)NC2=O)c2cccc(CNC(=O)OC(C)(C)C)c21. The van der Waals surface area contributed by atoms with Crippen LogP contribution >= 0.6 is 0 Å². The Balaban J connectivity index is 1.77. The standard InChI is InChI=1S/C19H26N4O4/c1-19(2,3)27-18(26)20-10-12-6-5-7-13-16(12)22(4)11-23(13)14-8-9-15(24)21-17(14)25/h5-7,14H,8-11H2,1-4H3,(H,20,26)(H,21,24,25). The van der Waals surface area contributed by atoms with Gasteiger partial charge in [0.05, 0.1) is 18.0 Å². The van der Waals surface area contributed by atoms with Gasteiger partial charge in [-0.1, -0.05) is 12.1 Å². The Morgan fingerprint density at radius 3 is 2.74 bits per heavy atom. The van der Waals surface area contributed by atoms with Gasteiger partial charge in [0.15, 0.2) is 0 Å². The number of ether oxygens (including phenoxy) is 1. The Hall–Kier alpha value is -2.77. The topological polar surface area (TPSA) is 91.0 Å². The lowest BCUT2D eigenvalue weighted by atomic mass is 10.0. The van der Waals surface area contributed by atoms with Crippen LogP contribution in [0.25, 0.3) is 0 Å². The number of anilines is 2. The molecular formula is C19H26N4O4. The van der Waals surface area contributed by atoms with E-state index in [0.29, 0.717) is 26.1 Å². The normalized spacial score (nSPS) is 19.6. The van der Waals surface area contributed by atoms with Gasteiger partial charge in [-0.15, -0.1) is 0 Å². The number of nitrogens with zero attached hydrogens (tertiary/aromatic N) is 2. The van der Waals surface area contributed by atoms with Gasteiger partial charge in [0.1, 0.15) is 11.6 Å². The van der Waals surface area contributed by atoms with Gasteiger partial charge < -0.3 is 19.9 Å². The summed E-state index contributed by atoms with van der Waals surface area (Å²) in [4.78, 5) is 39.7. The highest BCUT2D eigenvalue weighted by atomic mass is 16.6. The van der Waals surface area contributed by atoms with E-state index in [0.717, 1.165) is 16.9 Å². The molecule has 2 heterocycles. The fourth-order valence-corrected chi connectivity index (χ4v) is 3.50. The van der Waals surface area contributed by atoms with E-state index in [1.807, 2.05) is 55.8 Å². The van der Waals surface area contributed by atoms with Crippen LogP contribution in [0.3, 0.4) is 0 Å². The van der Waals surface area contributed by atoms with Crippen LogP contribution in [0.15, 0.2) is 18.2 Å². The van der Waals surface area contributed by atoms with Crippen LogP contribution in [-0.2, 0) is 20.9 Å². The third-order valence-electron chi connectivity index (χ3n) is 4.56. The molecule has 0 radical (unpaired) electrons. The fraction of sp³-hybridized carbons (Fsp3) is 0.526. The zero-order valence-electron chi connectivity index (χ0n) is 16.2. The minimum absolute atomic E-state index is 0.223. The van der Waals surface area contributed by atoms with Gasteiger partial charge in [-0.2, -0.15) is 0 Å². The largest absolute Gasteiger partial charge is 0.444 e. The molecule has 0 aliphatic carbocycles. The minimum atomic E-state index is -0.553. The smallest absolute Gasteiger partial charge is 0.407 e. The van der Waals surface area contributed by atoms with Gasteiger partial charge >= 0.3 is 6.09 Å². The van der Waals surface area contributed by atoms with E-state index in [1.165, 1.54) is 0 Å². The number of amides is 3. The zero-order valence-corrected chi connectivity index (χ0v) is 16.2. The Morgan fingerprint density at radius 2 is 2.07 bits per heavy atom. The number of fused-ring (bicyclic) bond motifs is 1. The molecular weight excluding hydrogens is 348 g/mol. The number of rotatable bonds is 3. The third kappa shape index (κ3) is 4.15. The average Bonchev–Trinajstić information content (AvgIpc) is 2.89. The molecule has 2 aliphatic heterocycles. The second kappa shape index (κ2) is 7.09. The van der Waals surface area contributed by atoms with E-state index in [9.17, 15) is 14.4 Å². The summed E-state index contributed by atoms with van der Waals surface area (Å²) in [7, 11) is 1.95. The molecule has 0 spiro atoms. The number of carbonyl (C=O) groups is 3. The zero-order chi connectivity index (χ0) is 19.8. The second-order valence-corrected chi connectivity index (χ2v) is 7.92. The van der Waals surface area contributed by atoms with Gasteiger partial charge in [0.2, 0.25) is 11.8 Å². The monoisotopic (exact) mass is 374 g/mol. The highest BCUT2D eigenvalue weighted by molar-refractivity contribution is 6.02. The van der Waals surface area contributed by atoms with Crippen LogP contribution in [0.5, 0.6) is 0 Å². The Morgan fingerprint density at radius 1 is 1.33 bits per heavy atom. The van der Waals surface area contributed by atoms with E-state index in [2.05, 4.69) is 10.6 Å². The Bertz CT molecular complexity index is 771. The highest BCUT2D eigenvalue weighted by Crippen LogP contribution is 2.40. The maximum Gasteiger partial charge on any atom is 0.407 e. The van der Waals surface area contributed by atoms with Crippen LogP contribution in [0.1, 0.15) is 39.2 Å². The molecule has 146 valence electrons. The van der Waals surface area contributed by atoms with Crippen molar-refractivity contribution in [3.63, 3.8) is 0 Å². The molecule has 8 nitrogen and oxygen atoms in total. The molecule has 2 aliphatic rings. The molecule has 8 heteroatoms. The van der Waals surface area contributed by atoms with Crippen molar-refractivity contribution in [1.82, 2.24) is 10.6 Å². The molecule has 1 aromatic carbocycles. The highest BCUT2D eigenvalue weighted by Gasteiger charge is 2.37. The maximum atomic E-state index is 12.3. The van der Waals surface area contributed by atoms with Gasteiger partial charge in [0.25, 0.3) is 0 Å². The van der Waals surface area contributed by atoms with Crippen molar-refractivity contribution in [2.75, 3.05) is 23.5 Å². The van der Waals surface area contributed by atoms with Gasteiger partial charge in [-0.3, -0.25) is 14.9 Å². The van der Waals surface area contributed by atoms with Crippen molar-refractivity contribution in [3.05, 3.63) is 23.8 Å². The first-order chi connectivity index (χ1) is 12.7. The number of para-hydroxylation sites is 1. The van der Waals surface area contributed by atoms with Crippen molar-refractivity contribution in [2.24, 2.45) is 0 Å². The first-order valence-corrected chi connectivity index (χ1v) is 9.06. The van der Waals surface area contributed by atoms with E-state index < -0.39 is 11.7 Å². The molecule has 1 aromatic rings. The molecule has 0 aromatic heterocycles. The van der Waals surface area contributed by atoms with Crippen LogP contribution < -0.4 is 20.4 Å². The molecule has 0 saturated carbocycles. The predicted octanol–water partition coefficient (Wildman–Crippen LogP) is 1.73. The molecule has 1 unspecified atom stereocenters. The first-order valence-electron chi connectivity index (χ1n) is 9.06. The third-order valence-corrected chi connectivity index (χ3v) is 4.56. The summed E-state index contributed by atoms with van der Waals surface area (Å²) in [6.45, 7) is 6.33. The van der Waals surface area contributed by atoms with Gasteiger partial charge in [-0.25, -0.2) is 4.79 Å². The lowest BCUT2D eigenvalue weighted by molar-refractivity contribution is -0.134. The van der Waals surface area contributed by atoms with Crippen molar-refractivity contribution in [1.29, 1.82) is 0 Å². The number of hydrogen-bond donors (Lipinski definition) is 2. The van der Waals surface area contributed by atoms with E-state index in [-0.39, 0.29) is 17.9 Å². The van der Waals surface area contributed by atoms with Crippen LogP contribution in [-0.4, -0.2) is 43.3 Å². The summed E-state index contributed by atoms with van der Waals surface area (Å²) >= 11 is 0. The second-order valence-electron chi connectivity index (χ2n) is 7.92. The number of alkyl carbamates (subject to hydrolysis) is 1. The number of imide groups is 1. The molecule has 27 heavy (non-hydrogen) atoms. The fourth-order valence-electron chi connectivity index (χ4n) is 3.50. The van der Waals surface area contributed by atoms with Crippen LogP contribution in [0, 0.1) is 0 Å². The van der Waals surface area contributed by atoms with Crippen LogP contribution in [0.4, 0.5) is 16.2 Å². The first kappa shape index (κ1) is 19.0. The molecule has 1 saturated heterocycles. The predicted molar refractivity (Wildman–Crippen MR) is 101 cm³/mol. The molecule has 1 atom stereocenters. The van der Waals surface area contributed by atoms with Crippen molar-refractivity contribution in [3.8, 4) is 0 Å². The van der Waals surface area contributed by atoms with E-state index >= 15 is 0 Å². The number of piperidine rings is 1. The summed E-state index contributed by atoms with van der Waals surface area (Å²) < 4.78 is 5.29. The summed E-state index contributed by atoms with van der Waals surface area (Å²) in [6, 6.07) is 5.43. The molecule has 1 fully saturated rings. The van der Waals surface area contributed by atoms with Crippen molar-refractivity contribution < 1.29 is 19.1 Å². The number of benzene rings is 1. The van der Waals surface area contributed by atoms with Gasteiger partial charge in [-0.05, 0) is 38.8 Å². The maximum absolute atomic E-state index is 12.3. The Labute approximate surface area is 158 Å². The van der Waals surface area contributed by atoms with Crippen molar-refractivity contribution >= 4 is 29.3 Å². The number of carbonyl (C=O) groups excluding carboxylic acids is 3. The quantitative estimate of drug-likeness (QED) is 0.783. The number of nitrogens with one attached hydrogen (secondary N) is 2. The summed E-state index contributed by atoms with van der Waals surface area (Å²) in [6.07, 6.45) is 0.368. The van der Waals surface area contributed by atoms with Crippen molar-refractivity contribution in [2.45, 2.75) is 51.8 Å². The molecule has 0 bridgehead atoms. The lowest BCUT2D eigenvalue weighted by Gasteiger charge is -2.31. The van der Waals surface area contributed by atoms with E-state index in [4.69, 9.17) is 4.74 Å². The summed E-state index contributed by atoms with van der Waals surface area (Å²) in [5, 5.41) is 5.20. The van der Waals surface area contributed by atoms with Crippen LogP contribution in [0.2, 0.25) is 0 Å². The Kier molecular flexibility index (Phi) is 4.99. The van der Waals surface area contributed by atoms with Gasteiger partial charge in [0, 0.05) is 20.0 Å². The summed E-state index contributed by atoms with van der Waals surface area (Å²) in [5.74, 6) is -0.482. The average molecular weight is 374 g/mol. The molecule has 2 N–H and O–H groups in total. The molecule has 3 rings (SSSR count). The number of hydrogen-bond acceptors (Lipinski definition) is 6.